The van der Waals surface area contributed by atoms with Gasteiger partial charge in [-0.15, -0.1) is 0 Å². The van der Waals surface area contributed by atoms with Gasteiger partial charge in [0.15, 0.2) is 0 Å². The molecular formula is C3H7N5O7P2. The molecule has 1 atom stereocenters. The number of nitrogen functional groups attached to an aromatic ring is 2. The Morgan fingerprint density at radius 3 is 1.88 bits per heavy atom. The van der Waals surface area contributed by atoms with Crippen LogP contribution in [0.15, 0.2) is 0 Å². The molecule has 0 saturated heterocycles. The molecule has 14 heteroatoms. The van der Waals surface area contributed by atoms with Crippen LogP contribution in [0.5, 0.6) is 6.01 Å². The summed E-state index contributed by atoms with van der Waals surface area (Å²) in [6.45, 7) is 0. The molecule has 0 spiro atoms. The predicted molar refractivity (Wildman–Crippen MR) is 52.2 cm³/mol. The van der Waals surface area contributed by atoms with Crippen molar-refractivity contribution >= 4 is 27.5 Å². The molecule has 1 aromatic rings. The van der Waals surface area contributed by atoms with E-state index in [4.69, 9.17) is 26.1 Å². The van der Waals surface area contributed by atoms with Crippen molar-refractivity contribution in [3.63, 3.8) is 0 Å². The van der Waals surface area contributed by atoms with Gasteiger partial charge in [0.25, 0.3) is 0 Å². The minimum atomic E-state index is -5.22. The molecule has 0 aliphatic rings. The van der Waals surface area contributed by atoms with Gasteiger partial charge >= 0.3 is 21.7 Å². The van der Waals surface area contributed by atoms with Crippen LogP contribution in [-0.2, 0) is 13.4 Å². The van der Waals surface area contributed by atoms with Gasteiger partial charge in [-0.25, -0.2) is 9.13 Å². The fourth-order valence-electron chi connectivity index (χ4n) is 0.683. The highest BCUT2D eigenvalue weighted by Gasteiger charge is 2.34. The average molecular weight is 287 g/mol. The van der Waals surface area contributed by atoms with Crippen LogP contribution in [-0.4, -0.2) is 29.6 Å². The van der Waals surface area contributed by atoms with Crippen LogP contribution in [0, 0.1) is 0 Å². The second-order valence-electron chi connectivity index (χ2n) is 2.47. The number of hydrogen-bond acceptors (Lipinski definition) is 9. The van der Waals surface area contributed by atoms with Crippen LogP contribution in [0.25, 0.3) is 0 Å². The van der Waals surface area contributed by atoms with Crippen molar-refractivity contribution in [2.45, 2.75) is 0 Å². The standard InChI is InChI=1S/C3H7N5O7P2/c4-1-6-2(5)8-3(7-1)14-17(12,13)15-16(9,10)11/h(H,12,13)(H2,9,10,11)(H4,4,5,6,7,8). The van der Waals surface area contributed by atoms with E-state index in [-0.39, 0.29) is 0 Å². The van der Waals surface area contributed by atoms with E-state index in [1.165, 1.54) is 0 Å². The Morgan fingerprint density at radius 1 is 1.00 bits per heavy atom. The molecule has 0 aliphatic carbocycles. The van der Waals surface area contributed by atoms with Gasteiger partial charge < -0.3 is 25.8 Å². The third-order valence-electron chi connectivity index (χ3n) is 1.06. The third kappa shape index (κ3) is 5.04. The van der Waals surface area contributed by atoms with E-state index in [1.807, 2.05) is 0 Å². The lowest BCUT2D eigenvalue weighted by atomic mass is 10.9. The van der Waals surface area contributed by atoms with Crippen LogP contribution in [0.1, 0.15) is 0 Å². The monoisotopic (exact) mass is 287 g/mol. The second-order valence-corrected chi connectivity index (χ2v) is 5.22. The lowest BCUT2D eigenvalue weighted by molar-refractivity contribution is 0.226. The number of anilines is 2. The van der Waals surface area contributed by atoms with E-state index in [9.17, 15) is 9.13 Å². The summed E-state index contributed by atoms with van der Waals surface area (Å²) in [7, 11) is -10.3. The van der Waals surface area contributed by atoms with Crippen LogP contribution in [0.4, 0.5) is 11.9 Å². The third-order valence-corrected chi connectivity index (χ3v) is 3.13. The minimum Gasteiger partial charge on any atom is -0.368 e. The zero-order valence-electron chi connectivity index (χ0n) is 7.87. The Bertz CT molecular complexity index is 494. The van der Waals surface area contributed by atoms with Crippen LogP contribution in [0.2, 0.25) is 0 Å². The molecule has 1 aromatic heterocycles. The Hall–Kier alpha value is -1.29. The molecule has 1 rings (SSSR count). The van der Waals surface area contributed by atoms with Gasteiger partial charge in [-0.2, -0.15) is 19.3 Å². The summed E-state index contributed by atoms with van der Waals surface area (Å²) in [6, 6.07) is -0.811. The van der Waals surface area contributed by atoms with E-state index in [0.29, 0.717) is 0 Å². The van der Waals surface area contributed by atoms with Crippen LogP contribution < -0.4 is 16.0 Å². The van der Waals surface area contributed by atoms with Gasteiger partial charge in [-0.3, -0.25) is 4.89 Å². The van der Waals surface area contributed by atoms with Crippen molar-refractivity contribution < 1.29 is 32.6 Å². The summed E-state index contributed by atoms with van der Waals surface area (Å²) in [5.74, 6) is -0.827. The number of nitrogens with two attached hydrogens (primary N) is 2. The Morgan fingerprint density at radius 2 is 1.47 bits per heavy atom. The molecule has 0 fully saturated rings. The largest absolute Gasteiger partial charge is 0.538 e. The maximum absolute atomic E-state index is 11.1. The number of phosphoric ester groups is 1. The van der Waals surface area contributed by atoms with E-state index in [1.54, 1.807) is 0 Å². The molecule has 7 N–H and O–H groups in total. The number of phosphoric acid groups is 2. The maximum Gasteiger partial charge on any atom is 0.538 e. The van der Waals surface area contributed by atoms with Gasteiger partial charge in [0.2, 0.25) is 11.9 Å². The summed E-state index contributed by atoms with van der Waals surface area (Å²) in [6.07, 6.45) is 0. The van der Waals surface area contributed by atoms with Gasteiger partial charge in [0.1, 0.15) is 0 Å². The zero-order valence-corrected chi connectivity index (χ0v) is 9.65. The summed E-state index contributed by atoms with van der Waals surface area (Å²) in [5, 5.41) is 0. The predicted octanol–water partition coefficient (Wildman–Crippen LogP) is -1.38. The fraction of sp³-hybridized carbons (Fsp3) is 0. The van der Waals surface area contributed by atoms with Crippen molar-refractivity contribution in [1.29, 1.82) is 0 Å². The minimum absolute atomic E-state index is 0.413. The van der Waals surface area contributed by atoms with Crippen molar-refractivity contribution in [2.24, 2.45) is 0 Å². The zero-order chi connectivity index (χ0) is 13.3. The van der Waals surface area contributed by atoms with Crippen molar-refractivity contribution in [3.05, 3.63) is 0 Å². The number of rotatable bonds is 4. The molecule has 17 heavy (non-hydrogen) atoms. The summed E-state index contributed by atoms with van der Waals surface area (Å²) < 4.78 is 29.0. The summed E-state index contributed by atoms with van der Waals surface area (Å²) >= 11 is 0. The van der Waals surface area contributed by atoms with E-state index >= 15 is 0 Å². The van der Waals surface area contributed by atoms with Crippen molar-refractivity contribution in [2.75, 3.05) is 11.5 Å². The first-order valence-corrected chi connectivity index (χ1v) is 6.66. The van der Waals surface area contributed by atoms with Crippen molar-refractivity contribution in [1.82, 2.24) is 15.0 Å². The van der Waals surface area contributed by atoms with Gasteiger partial charge in [-0.1, -0.05) is 0 Å². The van der Waals surface area contributed by atoms with E-state index in [2.05, 4.69) is 23.8 Å². The topological polar surface area (TPSA) is 204 Å². The molecule has 0 aromatic carbocycles. The first kappa shape index (κ1) is 13.8. The summed E-state index contributed by atoms with van der Waals surface area (Å²) in [5.41, 5.74) is 10.2. The smallest absolute Gasteiger partial charge is 0.368 e. The Labute approximate surface area is 93.5 Å². The van der Waals surface area contributed by atoms with Gasteiger partial charge in [-0.05, 0) is 0 Å². The molecule has 0 saturated carbocycles. The molecule has 0 bridgehead atoms. The lowest BCUT2D eigenvalue weighted by Crippen LogP contribution is -2.06. The molecule has 0 radical (unpaired) electrons. The molecule has 1 heterocycles. The highest BCUT2D eigenvalue weighted by Crippen LogP contribution is 2.56. The van der Waals surface area contributed by atoms with Gasteiger partial charge in [0, 0.05) is 0 Å². The highest BCUT2D eigenvalue weighted by molar-refractivity contribution is 7.60. The molecular weight excluding hydrogens is 280 g/mol. The number of aromatic nitrogens is 3. The number of hydrogen-bond donors (Lipinski definition) is 5. The highest BCUT2D eigenvalue weighted by atomic mass is 31.3. The first-order valence-electron chi connectivity index (χ1n) is 3.64. The molecule has 0 aliphatic heterocycles. The molecule has 96 valence electrons. The molecule has 1 unspecified atom stereocenters. The Balaban J connectivity index is 2.90. The SMILES string of the molecule is Nc1nc(N)nc(OP(=O)(O)OP(=O)(O)O)n1. The Kier molecular flexibility index (Phi) is 3.67. The van der Waals surface area contributed by atoms with E-state index < -0.39 is 33.6 Å². The average Bonchev–Trinajstić information content (AvgIpc) is 1.93. The maximum atomic E-state index is 11.1. The van der Waals surface area contributed by atoms with Crippen LogP contribution in [0.3, 0.4) is 0 Å². The number of nitrogens with zero attached hydrogens (tertiary/aromatic N) is 3. The van der Waals surface area contributed by atoms with E-state index in [0.717, 1.165) is 0 Å². The molecule has 0 amide bonds. The molecule has 12 nitrogen and oxygen atoms in total. The fourth-order valence-corrected chi connectivity index (χ4v) is 2.18. The van der Waals surface area contributed by atoms with Crippen molar-refractivity contribution in [3.8, 4) is 6.01 Å². The normalized spacial score (nSPS) is 15.2. The van der Waals surface area contributed by atoms with Gasteiger partial charge in [0.05, 0.1) is 0 Å². The quantitative estimate of drug-likeness (QED) is 0.406. The van der Waals surface area contributed by atoms with Crippen LogP contribution >= 0.6 is 15.6 Å². The first-order chi connectivity index (χ1) is 7.57. The second kappa shape index (κ2) is 4.53. The lowest BCUT2D eigenvalue weighted by Gasteiger charge is -2.11. The summed E-state index contributed by atoms with van der Waals surface area (Å²) in [4.78, 5) is 35.4.